The first kappa shape index (κ1) is 15.9. The maximum Gasteiger partial charge on any atom is 0.244 e. The summed E-state index contributed by atoms with van der Waals surface area (Å²) in [5.41, 5.74) is 5.33. The number of aryl methyl sites for hydroxylation is 1. The largest absolute Gasteiger partial charge is 0.360 e. The van der Waals surface area contributed by atoms with Gasteiger partial charge in [0.15, 0.2) is 5.84 Å². The molecule has 2 atom stereocenters. The molecule has 136 valence electrons. The molecule has 0 aliphatic carbocycles. The summed E-state index contributed by atoms with van der Waals surface area (Å²) in [5.74, 6) is 2.10. The molecule has 0 bridgehead atoms. The molecule has 1 aromatic carbocycles. The van der Waals surface area contributed by atoms with E-state index in [1.807, 2.05) is 0 Å². The molecule has 0 spiro atoms. The predicted octanol–water partition coefficient (Wildman–Crippen LogP) is 3.57. The number of piperidine rings is 2. The lowest BCUT2D eigenvalue weighted by Gasteiger charge is -2.41. The lowest BCUT2D eigenvalue weighted by molar-refractivity contribution is 0.0885. The van der Waals surface area contributed by atoms with Crippen LogP contribution in [-0.4, -0.2) is 34.4 Å². The van der Waals surface area contributed by atoms with Gasteiger partial charge in [0.2, 0.25) is 5.88 Å². The Morgan fingerprint density at radius 2 is 2.12 bits per heavy atom. The van der Waals surface area contributed by atoms with Gasteiger partial charge in [-0.15, -0.1) is 0 Å². The van der Waals surface area contributed by atoms with Crippen molar-refractivity contribution in [1.29, 1.82) is 0 Å². The number of allylic oxidation sites excluding steroid dienone is 1. The van der Waals surface area contributed by atoms with Crippen LogP contribution in [0.1, 0.15) is 37.7 Å². The van der Waals surface area contributed by atoms with Crippen molar-refractivity contribution < 1.29 is 4.84 Å². The van der Waals surface area contributed by atoms with Crippen molar-refractivity contribution in [3.05, 3.63) is 48.0 Å². The maximum absolute atomic E-state index is 5.70. The minimum Gasteiger partial charge on any atom is -0.360 e. The van der Waals surface area contributed by atoms with Gasteiger partial charge in [0.1, 0.15) is 0 Å². The van der Waals surface area contributed by atoms with E-state index >= 15 is 0 Å². The molecule has 3 aliphatic rings. The van der Waals surface area contributed by atoms with Crippen LogP contribution in [0.15, 0.2) is 47.4 Å². The van der Waals surface area contributed by atoms with E-state index in [-0.39, 0.29) is 0 Å². The summed E-state index contributed by atoms with van der Waals surface area (Å²) >= 11 is 0. The first-order valence-electron chi connectivity index (χ1n) is 9.80. The van der Waals surface area contributed by atoms with Crippen LogP contribution in [0.3, 0.4) is 0 Å². The summed E-state index contributed by atoms with van der Waals surface area (Å²) in [6.45, 7) is 2.50. The van der Waals surface area contributed by atoms with Gasteiger partial charge in [-0.25, -0.2) is 5.48 Å². The Hall–Kier alpha value is -2.27. The zero-order valence-corrected chi connectivity index (χ0v) is 15.3. The highest BCUT2D eigenvalue weighted by molar-refractivity contribution is 6.10. The third kappa shape index (κ3) is 2.80. The Kier molecular flexibility index (Phi) is 3.97. The number of hydrogen-bond acceptors (Lipinski definition) is 4. The van der Waals surface area contributed by atoms with Crippen LogP contribution in [0.4, 0.5) is 0 Å². The monoisotopic (exact) mass is 350 g/mol. The van der Waals surface area contributed by atoms with Crippen LogP contribution in [0, 0.1) is 5.92 Å². The quantitative estimate of drug-likeness (QED) is 0.900. The fourth-order valence-corrected chi connectivity index (χ4v) is 4.75. The van der Waals surface area contributed by atoms with Gasteiger partial charge in [0, 0.05) is 35.8 Å². The minimum atomic E-state index is 0.571. The fourth-order valence-electron chi connectivity index (χ4n) is 4.75. The highest BCUT2D eigenvalue weighted by atomic mass is 16.7. The lowest BCUT2D eigenvalue weighted by atomic mass is 9.86. The van der Waals surface area contributed by atoms with Crippen LogP contribution >= 0.6 is 0 Å². The highest BCUT2D eigenvalue weighted by Crippen LogP contribution is 2.31. The summed E-state index contributed by atoms with van der Waals surface area (Å²) in [6, 6.07) is 9.15. The lowest BCUT2D eigenvalue weighted by Crippen LogP contribution is -2.45. The molecule has 5 nitrogen and oxygen atoms in total. The van der Waals surface area contributed by atoms with E-state index in [4.69, 9.17) is 9.83 Å². The first-order valence-corrected chi connectivity index (χ1v) is 9.80. The number of fused-ring (bicyclic) bond motifs is 2. The SMILES string of the molecule is Cn1cc(C2=N/C(=C\C3CCN4CCCCC4C3)ON2)c2ccccc21. The van der Waals surface area contributed by atoms with Gasteiger partial charge in [0.05, 0.1) is 0 Å². The molecule has 3 aliphatic heterocycles. The molecule has 5 rings (SSSR count). The molecule has 0 radical (unpaired) electrons. The molecule has 2 aromatic rings. The smallest absolute Gasteiger partial charge is 0.244 e. The Bertz CT molecular complexity index is 881. The topological polar surface area (TPSA) is 41.8 Å². The Balaban J connectivity index is 1.37. The number of aromatic nitrogens is 1. The Morgan fingerprint density at radius 3 is 3.08 bits per heavy atom. The average Bonchev–Trinajstić information content (AvgIpc) is 3.26. The molecule has 26 heavy (non-hydrogen) atoms. The average molecular weight is 350 g/mol. The van der Waals surface area contributed by atoms with E-state index < -0.39 is 0 Å². The van der Waals surface area contributed by atoms with E-state index in [0.29, 0.717) is 5.92 Å². The van der Waals surface area contributed by atoms with Gasteiger partial charge in [-0.05, 0) is 56.8 Å². The summed E-state index contributed by atoms with van der Waals surface area (Å²) in [6.07, 6.45) is 10.9. The number of nitrogens with one attached hydrogen (secondary N) is 1. The number of rotatable bonds is 2. The van der Waals surface area contributed by atoms with Crippen molar-refractivity contribution in [3.8, 4) is 0 Å². The van der Waals surface area contributed by atoms with E-state index in [1.165, 1.54) is 56.1 Å². The van der Waals surface area contributed by atoms with E-state index in [9.17, 15) is 0 Å². The second kappa shape index (κ2) is 6.47. The normalized spacial score (nSPS) is 27.9. The van der Waals surface area contributed by atoms with Crippen molar-refractivity contribution in [2.75, 3.05) is 13.1 Å². The fraction of sp³-hybridized carbons (Fsp3) is 0.476. The molecule has 1 aromatic heterocycles. The van der Waals surface area contributed by atoms with Crippen molar-refractivity contribution in [2.45, 2.75) is 38.1 Å². The second-order valence-corrected chi connectivity index (χ2v) is 7.81. The number of para-hydroxylation sites is 1. The van der Waals surface area contributed by atoms with Crippen LogP contribution in [-0.2, 0) is 11.9 Å². The van der Waals surface area contributed by atoms with Gasteiger partial charge in [-0.2, -0.15) is 4.99 Å². The van der Waals surface area contributed by atoms with E-state index in [0.717, 1.165) is 23.3 Å². The van der Waals surface area contributed by atoms with E-state index in [2.05, 4.69) is 58.5 Å². The molecule has 4 heterocycles. The van der Waals surface area contributed by atoms with Crippen LogP contribution in [0.5, 0.6) is 0 Å². The predicted molar refractivity (Wildman–Crippen MR) is 104 cm³/mol. The number of aliphatic imine (C=N–C) groups is 1. The van der Waals surface area contributed by atoms with Crippen molar-refractivity contribution in [2.24, 2.45) is 18.0 Å². The van der Waals surface area contributed by atoms with Gasteiger partial charge < -0.3 is 14.3 Å². The third-order valence-corrected chi connectivity index (χ3v) is 6.12. The third-order valence-electron chi connectivity index (χ3n) is 6.12. The first-order chi connectivity index (χ1) is 12.8. The molecule has 0 amide bonds. The summed E-state index contributed by atoms with van der Waals surface area (Å²) < 4.78 is 2.13. The van der Waals surface area contributed by atoms with Gasteiger partial charge in [0.25, 0.3) is 0 Å². The summed E-state index contributed by atoms with van der Waals surface area (Å²) in [4.78, 5) is 13.1. The van der Waals surface area contributed by atoms with Gasteiger partial charge in [-0.1, -0.05) is 24.6 Å². The summed E-state index contributed by atoms with van der Waals surface area (Å²) in [5, 5.41) is 1.20. The van der Waals surface area contributed by atoms with Crippen LogP contribution in [0.2, 0.25) is 0 Å². The van der Waals surface area contributed by atoms with Gasteiger partial charge >= 0.3 is 0 Å². The summed E-state index contributed by atoms with van der Waals surface area (Å²) in [7, 11) is 2.07. The van der Waals surface area contributed by atoms with Crippen LogP contribution in [0.25, 0.3) is 10.9 Å². The van der Waals surface area contributed by atoms with Crippen molar-refractivity contribution in [3.63, 3.8) is 0 Å². The molecular weight excluding hydrogens is 324 g/mol. The molecule has 2 fully saturated rings. The standard InChI is InChI=1S/C21H26N4O/c1-24-14-18(17-7-2-3-8-19(17)24)21-22-20(26-23-21)13-15-9-11-25-10-5-4-6-16(25)12-15/h2-3,7-8,13-16H,4-6,9-12H2,1H3,(H,22,23)/b20-13+. The molecule has 2 saturated heterocycles. The van der Waals surface area contributed by atoms with Crippen molar-refractivity contribution in [1.82, 2.24) is 14.9 Å². The number of nitrogens with zero attached hydrogens (tertiary/aromatic N) is 3. The second-order valence-electron chi connectivity index (χ2n) is 7.81. The van der Waals surface area contributed by atoms with Crippen LogP contribution < -0.4 is 5.48 Å². The maximum atomic E-state index is 5.70. The highest BCUT2D eigenvalue weighted by Gasteiger charge is 2.30. The molecule has 1 N–H and O–H groups in total. The van der Waals surface area contributed by atoms with Crippen molar-refractivity contribution >= 4 is 16.7 Å². The zero-order chi connectivity index (χ0) is 17.5. The molecular formula is C21H26N4O. The number of amidine groups is 1. The number of hydrogen-bond donors (Lipinski definition) is 1. The zero-order valence-electron chi connectivity index (χ0n) is 15.3. The Morgan fingerprint density at radius 1 is 1.19 bits per heavy atom. The molecule has 2 unspecified atom stereocenters. The van der Waals surface area contributed by atoms with Gasteiger partial charge in [-0.3, -0.25) is 0 Å². The molecule has 5 heteroatoms. The molecule has 0 saturated carbocycles. The number of hydroxylamine groups is 1. The number of benzene rings is 1. The Labute approximate surface area is 154 Å². The van der Waals surface area contributed by atoms with E-state index in [1.54, 1.807) is 0 Å². The minimum absolute atomic E-state index is 0.571.